The van der Waals surface area contributed by atoms with Crippen LogP contribution in [0.4, 0.5) is 0 Å². The molecule has 0 aromatic carbocycles. The monoisotopic (exact) mass is 518 g/mol. The summed E-state index contributed by atoms with van der Waals surface area (Å²) in [5.41, 5.74) is -0.445. The van der Waals surface area contributed by atoms with Crippen LogP contribution in [0.15, 0.2) is 12.2 Å². The number of hydrogen-bond acceptors (Lipinski definition) is 14. The number of carbonyl (C=O) groups excluding carboxylic acids is 6. The fourth-order valence-corrected chi connectivity index (χ4v) is 3.07. The topological polar surface area (TPSA) is 176 Å². The smallest absolute Gasteiger partial charge is 0.339 e. The van der Waals surface area contributed by atoms with Crippen LogP contribution in [0.25, 0.3) is 0 Å². The Bertz CT molecular complexity index is 865. The highest BCUT2D eigenvalue weighted by Crippen LogP contribution is 2.31. The summed E-state index contributed by atoms with van der Waals surface area (Å²) in [4.78, 5) is 70.8. The molecule has 0 saturated carbocycles. The van der Waals surface area contributed by atoms with E-state index in [1.54, 1.807) is 0 Å². The minimum absolute atomic E-state index is 0.0241. The highest BCUT2D eigenvalue weighted by Gasteiger charge is 2.53. The fourth-order valence-electron chi connectivity index (χ4n) is 3.07. The first-order valence-electron chi connectivity index (χ1n) is 10.8. The van der Waals surface area contributed by atoms with Crippen LogP contribution < -0.4 is 0 Å². The van der Waals surface area contributed by atoms with Crippen LogP contribution in [0.2, 0.25) is 0 Å². The van der Waals surface area contributed by atoms with Gasteiger partial charge in [-0.1, -0.05) is 6.58 Å². The fraction of sp³-hybridized carbons (Fsp3) is 0.636. The van der Waals surface area contributed by atoms with E-state index in [-0.39, 0.29) is 6.61 Å². The Kier molecular flexibility index (Phi) is 12.0. The molecule has 0 bridgehead atoms. The van der Waals surface area contributed by atoms with Gasteiger partial charge < -0.3 is 37.9 Å². The van der Waals surface area contributed by atoms with Crippen molar-refractivity contribution in [1.82, 2.24) is 0 Å². The summed E-state index contributed by atoms with van der Waals surface area (Å²) >= 11 is 0. The molecule has 0 radical (unpaired) electrons. The van der Waals surface area contributed by atoms with E-state index in [1.165, 1.54) is 6.92 Å². The van der Waals surface area contributed by atoms with Crippen LogP contribution >= 0.6 is 0 Å². The number of ether oxygens (including phenoxy) is 8. The molecule has 14 nitrogen and oxygen atoms in total. The highest BCUT2D eigenvalue weighted by atomic mass is 16.8. The van der Waals surface area contributed by atoms with Crippen molar-refractivity contribution in [2.45, 2.75) is 78.5 Å². The standard InChI is InChI=1S/C22H30O14/c1-8-29-20(28)10(2)21(34-15(7)27)36-22-19(33-14(6)26)18(32-13(5)25)17(31-12(4)24)16(35-22)9-30-11(3)23/h16-19,21-22H,2,8-9H2,1,3-7H3/t16-,17-,18+,19-,21+,22+/m1/s1. The molecule has 0 amide bonds. The Morgan fingerprint density at radius 3 is 1.75 bits per heavy atom. The van der Waals surface area contributed by atoms with Gasteiger partial charge in [0.15, 0.2) is 18.3 Å². The Balaban J connectivity index is 3.50. The van der Waals surface area contributed by atoms with Crippen molar-refractivity contribution in [1.29, 1.82) is 0 Å². The van der Waals surface area contributed by atoms with Crippen LogP contribution in [-0.2, 0) is 66.7 Å². The zero-order chi connectivity index (χ0) is 27.6. The molecule has 1 aliphatic rings. The zero-order valence-corrected chi connectivity index (χ0v) is 20.8. The van der Waals surface area contributed by atoms with Gasteiger partial charge >= 0.3 is 35.8 Å². The average molecular weight is 518 g/mol. The van der Waals surface area contributed by atoms with Crippen molar-refractivity contribution in [3.05, 3.63) is 12.2 Å². The van der Waals surface area contributed by atoms with Gasteiger partial charge in [-0.15, -0.1) is 0 Å². The molecule has 36 heavy (non-hydrogen) atoms. The zero-order valence-electron chi connectivity index (χ0n) is 20.8. The molecule has 1 heterocycles. The van der Waals surface area contributed by atoms with Crippen LogP contribution in [0.3, 0.4) is 0 Å². The van der Waals surface area contributed by atoms with Gasteiger partial charge in [-0.2, -0.15) is 0 Å². The maximum Gasteiger partial charge on any atom is 0.339 e. The third kappa shape index (κ3) is 9.62. The van der Waals surface area contributed by atoms with Crippen LogP contribution in [0, 0.1) is 0 Å². The first-order chi connectivity index (χ1) is 16.8. The van der Waals surface area contributed by atoms with Gasteiger partial charge in [-0.05, 0) is 6.92 Å². The van der Waals surface area contributed by atoms with E-state index < -0.39 is 85.0 Å². The Morgan fingerprint density at radius 2 is 1.28 bits per heavy atom. The summed E-state index contributed by atoms with van der Waals surface area (Å²) in [6.45, 7) is 9.81. The quantitative estimate of drug-likeness (QED) is 0.156. The second-order valence-electron chi connectivity index (χ2n) is 7.39. The van der Waals surface area contributed by atoms with Gasteiger partial charge in [0.25, 0.3) is 0 Å². The van der Waals surface area contributed by atoms with E-state index in [2.05, 4.69) is 6.58 Å². The normalized spacial score (nSPS) is 23.9. The van der Waals surface area contributed by atoms with Gasteiger partial charge in [0.1, 0.15) is 12.7 Å². The van der Waals surface area contributed by atoms with Gasteiger partial charge in [-0.25, -0.2) is 4.79 Å². The second kappa shape index (κ2) is 14.1. The summed E-state index contributed by atoms with van der Waals surface area (Å²) < 4.78 is 42.0. The lowest BCUT2D eigenvalue weighted by atomic mass is 9.98. The third-order valence-electron chi connectivity index (χ3n) is 4.30. The van der Waals surface area contributed by atoms with Crippen molar-refractivity contribution >= 4 is 35.8 Å². The van der Waals surface area contributed by atoms with Gasteiger partial charge in [0, 0.05) is 34.6 Å². The maximum absolute atomic E-state index is 12.2. The summed E-state index contributed by atoms with van der Waals surface area (Å²) in [6.07, 6.45) is -9.35. The number of carbonyl (C=O) groups is 6. The van der Waals surface area contributed by atoms with Crippen molar-refractivity contribution in [2.24, 2.45) is 0 Å². The first-order valence-corrected chi connectivity index (χ1v) is 10.8. The van der Waals surface area contributed by atoms with E-state index in [9.17, 15) is 28.8 Å². The molecule has 1 rings (SSSR count). The van der Waals surface area contributed by atoms with Crippen LogP contribution in [0.1, 0.15) is 41.5 Å². The van der Waals surface area contributed by atoms with Crippen molar-refractivity contribution in [3.63, 3.8) is 0 Å². The molecule has 0 aromatic heterocycles. The molecule has 6 atom stereocenters. The van der Waals surface area contributed by atoms with E-state index >= 15 is 0 Å². The SMILES string of the molecule is C=C(C(=O)OCC)[C@@H](OC(C)=O)O[C@@H]1O[C@H](COC(C)=O)[C@@H](OC(C)=O)[C@H](OC(C)=O)[C@H]1OC(C)=O. The molecular weight excluding hydrogens is 488 g/mol. The van der Waals surface area contributed by atoms with Gasteiger partial charge in [0.05, 0.1) is 12.2 Å². The highest BCUT2D eigenvalue weighted by molar-refractivity contribution is 5.89. The van der Waals surface area contributed by atoms with Gasteiger partial charge in [-0.3, -0.25) is 24.0 Å². The molecule has 0 aromatic rings. The molecule has 14 heteroatoms. The molecule has 0 unspecified atom stereocenters. The second-order valence-corrected chi connectivity index (χ2v) is 7.39. The average Bonchev–Trinajstić information content (AvgIpc) is 2.74. The van der Waals surface area contributed by atoms with E-state index in [4.69, 9.17) is 37.9 Å². The Labute approximate surface area is 207 Å². The molecule has 1 saturated heterocycles. The van der Waals surface area contributed by atoms with Crippen LogP contribution in [-0.4, -0.2) is 86.0 Å². The number of esters is 6. The van der Waals surface area contributed by atoms with Crippen molar-refractivity contribution in [2.75, 3.05) is 13.2 Å². The predicted molar refractivity (Wildman–Crippen MR) is 114 cm³/mol. The number of rotatable bonds is 11. The summed E-state index contributed by atoms with van der Waals surface area (Å²) in [6, 6.07) is 0. The summed E-state index contributed by atoms with van der Waals surface area (Å²) in [5.74, 6) is -5.10. The minimum atomic E-state index is -1.79. The molecule has 1 aliphatic heterocycles. The minimum Gasteiger partial charge on any atom is -0.463 e. The molecule has 0 spiro atoms. The van der Waals surface area contributed by atoms with E-state index in [0.717, 1.165) is 34.6 Å². The van der Waals surface area contributed by atoms with E-state index in [0.29, 0.717) is 0 Å². The molecule has 0 aliphatic carbocycles. The van der Waals surface area contributed by atoms with E-state index in [1.807, 2.05) is 0 Å². The Hall–Kier alpha value is -3.52. The van der Waals surface area contributed by atoms with Crippen LogP contribution in [0.5, 0.6) is 0 Å². The lowest BCUT2D eigenvalue weighted by Gasteiger charge is -2.44. The first kappa shape index (κ1) is 30.5. The summed E-state index contributed by atoms with van der Waals surface area (Å²) in [7, 11) is 0. The Morgan fingerprint density at radius 1 is 0.750 bits per heavy atom. The molecule has 202 valence electrons. The van der Waals surface area contributed by atoms with Crippen molar-refractivity contribution < 1.29 is 66.7 Å². The summed E-state index contributed by atoms with van der Waals surface area (Å²) in [5, 5.41) is 0. The molecular formula is C22H30O14. The maximum atomic E-state index is 12.2. The van der Waals surface area contributed by atoms with Crippen molar-refractivity contribution in [3.8, 4) is 0 Å². The third-order valence-corrected chi connectivity index (χ3v) is 4.30. The predicted octanol–water partition coefficient (Wildman–Crippen LogP) is 0.0946. The number of hydrogen-bond donors (Lipinski definition) is 0. The largest absolute Gasteiger partial charge is 0.463 e. The lowest BCUT2D eigenvalue weighted by molar-refractivity contribution is -0.330. The molecule has 1 fully saturated rings. The lowest BCUT2D eigenvalue weighted by Crippen LogP contribution is -2.63. The molecule has 0 N–H and O–H groups in total. The van der Waals surface area contributed by atoms with Gasteiger partial charge in [0.2, 0.25) is 12.6 Å².